The quantitative estimate of drug-likeness (QED) is 0.803. The maximum absolute atomic E-state index is 13.3. The molecule has 1 saturated heterocycles. The number of amides is 2. The van der Waals surface area contributed by atoms with Crippen LogP contribution in [0.2, 0.25) is 0 Å². The van der Waals surface area contributed by atoms with Crippen LogP contribution in [-0.2, 0) is 4.79 Å². The van der Waals surface area contributed by atoms with Crippen molar-refractivity contribution in [3.63, 3.8) is 0 Å². The Kier molecular flexibility index (Phi) is 6.17. The van der Waals surface area contributed by atoms with Crippen molar-refractivity contribution in [1.82, 2.24) is 20.4 Å². The smallest absolute Gasteiger partial charge is 0.275 e. The van der Waals surface area contributed by atoms with E-state index in [0.717, 1.165) is 17.7 Å². The Morgan fingerprint density at radius 3 is 2.46 bits per heavy atom. The number of H-pyrrole nitrogens is 1. The lowest BCUT2D eigenvalue weighted by molar-refractivity contribution is -0.130. The monoisotopic (exact) mass is 382 g/mol. The number of hydrogen-bond donors (Lipinski definition) is 2. The molecule has 1 fully saturated rings. The Morgan fingerprint density at radius 2 is 1.82 bits per heavy atom. The molecule has 1 aliphatic rings. The standard InChI is InChI=1S/C22H30N4O2/c1-14(2)10-17-13-26(20(11-15(3)4)21(27)23-17)22(28)19-12-18(24-25-19)16-8-6-5-7-9-16/h5-9,12,14-15,17,20H,10-11,13H2,1-4H3,(H,23,27)(H,24,25)/t17-,20-/m0/s1. The molecule has 6 nitrogen and oxygen atoms in total. The number of aromatic amines is 1. The highest BCUT2D eigenvalue weighted by Crippen LogP contribution is 2.23. The van der Waals surface area contributed by atoms with Gasteiger partial charge in [-0.3, -0.25) is 14.7 Å². The fourth-order valence-electron chi connectivity index (χ4n) is 3.80. The Labute approximate surface area is 166 Å². The summed E-state index contributed by atoms with van der Waals surface area (Å²) in [6.45, 7) is 8.90. The summed E-state index contributed by atoms with van der Waals surface area (Å²) >= 11 is 0. The summed E-state index contributed by atoms with van der Waals surface area (Å²) in [6, 6.07) is 11.1. The van der Waals surface area contributed by atoms with E-state index in [2.05, 4.69) is 43.2 Å². The van der Waals surface area contributed by atoms with Crippen molar-refractivity contribution in [2.75, 3.05) is 6.54 Å². The Balaban J connectivity index is 1.85. The van der Waals surface area contributed by atoms with Gasteiger partial charge < -0.3 is 10.2 Å². The predicted molar refractivity (Wildman–Crippen MR) is 110 cm³/mol. The molecule has 2 atom stereocenters. The van der Waals surface area contributed by atoms with E-state index in [4.69, 9.17) is 0 Å². The number of carbonyl (C=O) groups excluding carboxylic acids is 2. The largest absolute Gasteiger partial charge is 0.350 e. The maximum atomic E-state index is 13.3. The Bertz CT molecular complexity index is 813. The van der Waals surface area contributed by atoms with Crippen LogP contribution < -0.4 is 5.32 Å². The van der Waals surface area contributed by atoms with Crippen LogP contribution in [0.1, 0.15) is 51.0 Å². The SMILES string of the molecule is CC(C)C[C@H]1CN(C(=O)c2cc(-c3ccccc3)[nH]n2)[C@@H](CC(C)C)C(=O)N1. The molecule has 150 valence electrons. The van der Waals surface area contributed by atoms with E-state index < -0.39 is 6.04 Å². The molecule has 2 heterocycles. The Hall–Kier alpha value is -2.63. The van der Waals surface area contributed by atoms with Gasteiger partial charge in [0, 0.05) is 12.6 Å². The topological polar surface area (TPSA) is 78.1 Å². The lowest BCUT2D eigenvalue weighted by Gasteiger charge is -2.40. The molecule has 0 saturated carbocycles. The zero-order chi connectivity index (χ0) is 20.3. The highest BCUT2D eigenvalue weighted by molar-refractivity contribution is 5.97. The van der Waals surface area contributed by atoms with Crippen LogP contribution in [-0.4, -0.2) is 45.5 Å². The number of nitrogens with zero attached hydrogens (tertiary/aromatic N) is 2. The third-order valence-corrected chi connectivity index (χ3v) is 5.04. The van der Waals surface area contributed by atoms with Gasteiger partial charge in [-0.1, -0.05) is 58.0 Å². The number of hydrogen-bond acceptors (Lipinski definition) is 3. The highest BCUT2D eigenvalue weighted by atomic mass is 16.2. The third-order valence-electron chi connectivity index (χ3n) is 5.04. The van der Waals surface area contributed by atoms with Gasteiger partial charge >= 0.3 is 0 Å². The first-order chi connectivity index (χ1) is 13.3. The molecule has 0 radical (unpaired) electrons. The van der Waals surface area contributed by atoms with E-state index in [1.54, 1.807) is 11.0 Å². The van der Waals surface area contributed by atoms with E-state index in [1.807, 2.05) is 30.3 Å². The molecule has 2 amide bonds. The van der Waals surface area contributed by atoms with E-state index in [-0.39, 0.29) is 17.9 Å². The second-order valence-corrected chi connectivity index (χ2v) is 8.47. The summed E-state index contributed by atoms with van der Waals surface area (Å²) in [5, 5.41) is 10.3. The number of piperazine rings is 1. The molecule has 3 rings (SSSR count). The summed E-state index contributed by atoms with van der Waals surface area (Å²) in [5.41, 5.74) is 2.12. The molecule has 2 N–H and O–H groups in total. The van der Waals surface area contributed by atoms with Crippen LogP contribution >= 0.6 is 0 Å². The normalized spacial score (nSPS) is 19.9. The van der Waals surface area contributed by atoms with E-state index in [1.165, 1.54) is 0 Å². The number of aromatic nitrogens is 2. The van der Waals surface area contributed by atoms with Gasteiger partial charge in [0.25, 0.3) is 5.91 Å². The van der Waals surface area contributed by atoms with Crippen molar-refractivity contribution in [1.29, 1.82) is 0 Å². The van der Waals surface area contributed by atoms with Gasteiger partial charge in [0.05, 0.1) is 5.69 Å². The number of carbonyl (C=O) groups is 2. The van der Waals surface area contributed by atoms with Crippen LogP contribution in [0.3, 0.4) is 0 Å². The molecule has 28 heavy (non-hydrogen) atoms. The van der Waals surface area contributed by atoms with Gasteiger partial charge in [-0.05, 0) is 36.3 Å². The average molecular weight is 383 g/mol. The molecule has 6 heteroatoms. The lowest BCUT2D eigenvalue weighted by atomic mass is 9.94. The van der Waals surface area contributed by atoms with Crippen LogP contribution in [0.25, 0.3) is 11.3 Å². The van der Waals surface area contributed by atoms with Crippen molar-refractivity contribution in [2.24, 2.45) is 11.8 Å². The minimum absolute atomic E-state index is 0.0209. The number of rotatable bonds is 6. The Morgan fingerprint density at radius 1 is 1.14 bits per heavy atom. The van der Waals surface area contributed by atoms with Crippen molar-refractivity contribution >= 4 is 11.8 Å². The predicted octanol–water partition coefficient (Wildman–Crippen LogP) is 3.48. The highest BCUT2D eigenvalue weighted by Gasteiger charge is 2.38. The first-order valence-corrected chi connectivity index (χ1v) is 10.1. The molecule has 0 bridgehead atoms. The summed E-state index contributed by atoms with van der Waals surface area (Å²) in [6.07, 6.45) is 1.49. The zero-order valence-corrected chi connectivity index (χ0v) is 17.1. The maximum Gasteiger partial charge on any atom is 0.275 e. The van der Waals surface area contributed by atoms with Crippen molar-refractivity contribution in [3.05, 3.63) is 42.1 Å². The molecule has 0 unspecified atom stereocenters. The van der Waals surface area contributed by atoms with Gasteiger partial charge in [-0.2, -0.15) is 5.10 Å². The summed E-state index contributed by atoms with van der Waals surface area (Å²) in [7, 11) is 0. The summed E-state index contributed by atoms with van der Waals surface area (Å²) in [5.74, 6) is 0.510. The molecule has 0 spiro atoms. The molecule has 1 aromatic heterocycles. The first-order valence-electron chi connectivity index (χ1n) is 10.1. The fourth-order valence-corrected chi connectivity index (χ4v) is 3.80. The van der Waals surface area contributed by atoms with Crippen LogP contribution in [0.4, 0.5) is 0 Å². The van der Waals surface area contributed by atoms with E-state index in [9.17, 15) is 9.59 Å². The summed E-state index contributed by atoms with van der Waals surface area (Å²) < 4.78 is 0. The fraction of sp³-hybridized carbons (Fsp3) is 0.500. The second kappa shape index (κ2) is 8.59. The van der Waals surface area contributed by atoms with Gasteiger partial charge in [0.2, 0.25) is 5.91 Å². The molecule has 1 aliphatic heterocycles. The molecule has 0 aliphatic carbocycles. The third kappa shape index (κ3) is 4.61. The van der Waals surface area contributed by atoms with Crippen LogP contribution in [0.15, 0.2) is 36.4 Å². The first kappa shape index (κ1) is 20.1. The van der Waals surface area contributed by atoms with Gasteiger partial charge in [0.15, 0.2) is 5.69 Å². The summed E-state index contributed by atoms with van der Waals surface area (Å²) in [4.78, 5) is 27.8. The second-order valence-electron chi connectivity index (χ2n) is 8.47. The minimum Gasteiger partial charge on any atom is -0.350 e. The van der Waals surface area contributed by atoms with Crippen molar-refractivity contribution in [3.8, 4) is 11.3 Å². The van der Waals surface area contributed by atoms with Gasteiger partial charge in [0.1, 0.15) is 6.04 Å². The van der Waals surface area contributed by atoms with E-state index >= 15 is 0 Å². The zero-order valence-electron chi connectivity index (χ0n) is 17.1. The molecule has 2 aromatic rings. The lowest BCUT2D eigenvalue weighted by Crippen LogP contribution is -2.62. The van der Waals surface area contributed by atoms with E-state index in [0.29, 0.717) is 30.5 Å². The van der Waals surface area contributed by atoms with Crippen molar-refractivity contribution < 1.29 is 9.59 Å². The van der Waals surface area contributed by atoms with Gasteiger partial charge in [-0.15, -0.1) is 0 Å². The molecular formula is C22H30N4O2. The minimum atomic E-state index is -0.451. The molecular weight excluding hydrogens is 352 g/mol. The number of benzene rings is 1. The van der Waals surface area contributed by atoms with Gasteiger partial charge in [-0.25, -0.2) is 0 Å². The molecule has 1 aromatic carbocycles. The number of nitrogens with one attached hydrogen (secondary N) is 2. The van der Waals surface area contributed by atoms with Crippen LogP contribution in [0, 0.1) is 11.8 Å². The van der Waals surface area contributed by atoms with Crippen LogP contribution in [0.5, 0.6) is 0 Å². The average Bonchev–Trinajstić information content (AvgIpc) is 3.13. The van der Waals surface area contributed by atoms with Crippen molar-refractivity contribution in [2.45, 2.75) is 52.6 Å².